The van der Waals surface area contributed by atoms with Gasteiger partial charge < -0.3 is 4.74 Å². The minimum atomic E-state index is -0.572. The molecular formula is C10H14N2O3S. The molecule has 0 bridgehead atoms. The molecule has 88 valence electrons. The van der Waals surface area contributed by atoms with Gasteiger partial charge in [0.25, 0.3) is 0 Å². The second-order valence-corrected chi connectivity index (χ2v) is 5.24. The Hall–Kier alpha value is -1.43. The monoisotopic (exact) mass is 242 g/mol. The second-order valence-electron chi connectivity index (χ2n) is 4.21. The van der Waals surface area contributed by atoms with Gasteiger partial charge >= 0.3 is 6.09 Å². The minimum Gasteiger partial charge on any atom is -0.444 e. The second kappa shape index (κ2) is 4.61. The number of Topliss-reactive ketones (excluding diaryl/α,β-unsaturated/α-hetero) is 1. The van der Waals surface area contributed by atoms with Crippen LogP contribution in [0.5, 0.6) is 0 Å². The van der Waals surface area contributed by atoms with E-state index in [1.54, 1.807) is 20.8 Å². The van der Waals surface area contributed by atoms with Gasteiger partial charge in [0.1, 0.15) is 5.60 Å². The Labute approximate surface area is 97.8 Å². The van der Waals surface area contributed by atoms with Crippen LogP contribution < -0.4 is 5.32 Å². The van der Waals surface area contributed by atoms with Crippen molar-refractivity contribution in [2.24, 2.45) is 0 Å². The van der Waals surface area contributed by atoms with Crippen molar-refractivity contribution in [2.75, 3.05) is 5.32 Å². The fourth-order valence-corrected chi connectivity index (χ4v) is 1.58. The first-order chi connectivity index (χ1) is 7.28. The fourth-order valence-electron chi connectivity index (χ4n) is 0.886. The van der Waals surface area contributed by atoms with Crippen molar-refractivity contribution < 1.29 is 14.3 Å². The van der Waals surface area contributed by atoms with Crippen LogP contribution >= 0.6 is 11.3 Å². The number of aromatic nitrogens is 1. The van der Waals surface area contributed by atoms with Crippen LogP contribution in [0, 0.1) is 0 Å². The first kappa shape index (κ1) is 12.6. The molecular weight excluding hydrogens is 228 g/mol. The topological polar surface area (TPSA) is 68.3 Å². The fraction of sp³-hybridized carbons (Fsp3) is 0.500. The minimum absolute atomic E-state index is 0.0743. The van der Waals surface area contributed by atoms with Gasteiger partial charge in [0.05, 0.1) is 11.1 Å². The Bertz CT molecular complexity index is 406. The van der Waals surface area contributed by atoms with Crippen molar-refractivity contribution >= 4 is 28.3 Å². The van der Waals surface area contributed by atoms with Gasteiger partial charge in [0.2, 0.25) is 0 Å². The molecule has 1 rings (SSSR count). The molecule has 1 N–H and O–H groups in total. The van der Waals surface area contributed by atoms with E-state index >= 15 is 0 Å². The number of carbonyl (C=O) groups excluding carboxylic acids is 2. The SMILES string of the molecule is CC(=O)c1cnc(NC(=O)OC(C)(C)C)s1. The molecule has 1 amide bonds. The molecule has 0 fully saturated rings. The molecule has 0 radical (unpaired) electrons. The summed E-state index contributed by atoms with van der Waals surface area (Å²) in [5.74, 6) is -0.0743. The summed E-state index contributed by atoms with van der Waals surface area (Å²) >= 11 is 1.12. The molecule has 16 heavy (non-hydrogen) atoms. The zero-order chi connectivity index (χ0) is 12.3. The Morgan fingerprint density at radius 2 is 2.06 bits per heavy atom. The Morgan fingerprint density at radius 3 is 2.50 bits per heavy atom. The summed E-state index contributed by atoms with van der Waals surface area (Å²) in [5, 5.41) is 2.83. The zero-order valence-electron chi connectivity index (χ0n) is 9.66. The molecule has 0 unspecified atom stereocenters. The summed E-state index contributed by atoms with van der Waals surface area (Å²) < 4.78 is 5.04. The molecule has 1 heterocycles. The first-order valence-corrected chi connectivity index (χ1v) is 5.56. The van der Waals surface area contributed by atoms with Crippen LogP contribution in [0.15, 0.2) is 6.20 Å². The summed E-state index contributed by atoms with van der Waals surface area (Å²) in [6.45, 7) is 6.77. The lowest BCUT2D eigenvalue weighted by molar-refractivity contribution is 0.0635. The molecule has 1 aromatic rings. The van der Waals surface area contributed by atoms with Crippen LogP contribution in [-0.4, -0.2) is 22.5 Å². The van der Waals surface area contributed by atoms with E-state index in [4.69, 9.17) is 4.74 Å². The lowest BCUT2D eigenvalue weighted by atomic mass is 10.2. The lowest BCUT2D eigenvalue weighted by Crippen LogP contribution is -2.27. The maximum absolute atomic E-state index is 11.4. The number of rotatable bonds is 2. The van der Waals surface area contributed by atoms with Crippen LogP contribution in [-0.2, 0) is 4.74 Å². The number of anilines is 1. The van der Waals surface area contributed by atoms with Crippen molar-refractivity contribution in [3.63, 3.8) is 0 Å². The van der Waals surface area contributed by atoms with Gasteiger partial charge in [-0.15, -0.1) is 0 Å². The number of carbonyl (C=O) groups is 2. The van der Waals surface area contributed by atoms with Crippen molar-refractivity contribution in [3.05, 3.63) is 11.1 Å². The van der Waals surface area contributed by atoms with E-state index in [0.29, 0.717) is 10.0 Å². The van der Waals surface area contributed by atoms with Gasteiger partial charge in [0.15, 0.2) is 10.9 Å². The van der Waals surface area contributed by atoms with E-state index in [2.05, 4.69) is 10.3 Å². The molecule has 0 atom stereocenters. The van der Waals surface area contributed by atoms with Crippen LogP contribution in [0.2, 0.25) is 0 Å². The van der Waals surface area contributed by atoms with Crippen molar-refractivity contribution in [1.29, 1.82) is 0 Å². The molecule has 0 saturated carbocycles. The van der Waals surface area contributed by atoms with Crippen molar-refractivity contribution in [2.45, 2.75) is 33.3 Å². The average Bonchev–Trinajstić information content (AvgIpc) is 2.48. The largest absolute Gasteiger partial charge is 0.444 e. The van der Waals surface area contributed by atoms with Gasteiger partial charge in [0, 0.05) is 6.92 Å². The molecule has 1 aromatic heterocycles. The van der Waals surface area contributed by atoms with Gasteiger partial charge in [-0.25, -0.2) is 9.78 Å². The Morgan fingerprint density at radius 1 is 1.44 bits per heavy atom. The molecule has 0 spiro atoms. The molecule has 0 aromatic carbocycles. The number of ketones is 1. The number of thiazole rings is 1. The zero-order valence-corrected chi connectivity index (χ0v) is 10.5. The van der Waals surface area contributed by atoms with Crippen molar-refractivity contribution in [1.82, 2.24) is 4.98 Å². The number of ether oxygens (including phenoxy) is 1. The molecule has 6 heteroatoms. The molecule has 0 aliphatic rings. The highest BCUT2D eigenvalue weighted by Gasteiger charge is 2.17. The molecule has 5 nitrogen and oxygen atoms in total. The third-order valence-electron chi connectivity index (χ3n) is 1.46. The standard InChI is InChI=1S/C10H14N2O3S/c1-6(13)7-5-11-8(16-7)12-9(14)15-10(2,3)4/h5H,1-4H3,(H,11,12,14). The van der Waals surface area contributed by atoms with Gasteiger partial charge in [-0.2, -0.15) is 0 Å². The third kappa shape index (κ3) is 3.98. The van der Waals surface area contributed by atoms with Gasteiger partial charge in [-0.3, -0.25) is 10.1 Å². The van der Waals surface area contributed by atoms with E-state index in [1.165, 1.54) is 13.1 Å². The van der Waals surface area contributed by atoms with E-state index in [-0.39, 0.29) is 5.78 Å². The average molecular weight is 242 g/mol. The van der Waals surface area contributed by atoms with Crippen LogP contribution in [0.1, 0.15) is 37.4 Å². The maximum atomic E-state index is 11.4. The van der Waals surface area contributed by atoms with Gasteiger partial charge in [-0.05, 0) is 20.8 Å². The highest BCUT2D eigenvalue weighted by atomic mass is 32.1. The molecule has 0 aliphatic carbocycles. The van der Waals surface area contributed by atoms with Gasteiger partial charge in [-0.1, -0.05) is 11.3 Å². The van der Waals surface area contributed by atoms with Crippen LogP contribution in [0.4, 0.5) is 9.93 Å². The van der Waals surface area contributed by atoms with Crippen molar-refractivity contribution in [3.8, 4) is 0 Å². The van der Waals surface area contributed by atoms with E-state index in [0.717, 1.165) is 11.3 Å². The van der Waals surface area contributed by atoms with Crippen LogP contribution in [0.25, 0.3) is 0 Å². The smallest absolute Gasteiger partial charge is 0.413 e. The van der Waals surface area contributed by atoms with Crippen LogP contribution in [0.3, 0.4) is 0 Å². The third-order valence-corrected chi connectivity index (χ3v) is 2.47. The summed E-state index contributed by atoms with van der Waals surface area (Å²) in [5.41, 5.74) is -0.551. The number of nitrogens with one attached hydrogen (secondary N) is 1. The number of hydrogen-bond donors (Lipinski definition) is 1. The molecule has 0 saturated heterocycles. The van der Waals surface area contributed by atoms with E-state index in [9.17, 15) is 9.59 Å². The first-order valence-electron chi connectivity index (χ1n) is 4.75. The summed E-state index contributed by atoms with van der Waals surface area (Å²) in [4.78, 5) is 26.8. The Kier molecular flexibility index (Phi) is 3.64. The summed E-state index contributed by atoms with van der Waals surface area (Å²) in [6.07, 6.45) is 0.858. The number of hydrogen-bond acceptors (Lipinski definition) is 5. The number of amides is 1. The highest BCUT2D eigenvalue weighted by molar-refractivity contribution is 7.17. The summed E-state index contributed by atoms with van der Waals surface area (Å²) in [6, 6.07) is 0. The normalized spacial score (nSPS) is 11.0. The Balaban J connectivity index is 2.60. The molecule has 0 aliphatic heterocycles. The lowest BCUT2D eigenvalue weighted by Gasteiger charge is -2.18. The predicted octanol–water partition coefficient (Wildman–Crippen LogP) is 2.69. The summed E-state index contributed by atoms with van der Waals surface area (Å²) in [7, 11) is 0. The quantitative estimate of drug-likeness (QED) is 0.809. The number of nitrogens with zero attached hydrogens (tertiary/aromatic N) is 1. The van der Waals surface area contributed by atoms with E-state index < -0.39 is 11.7 Å². The maximum Gasteiger partial charge on any atom is 0.413 e. The highest BCUT2D eigenvalue weighted by Crippen LogP contribution is 2.19. The predicted molar refractivity (Wildman–Crippen MR) is 62.0 cm³/mol. The van der Waals surface area contributed by atoms with E-state index in [1.807, 2.05) is 0 Å².